The predicted molar refractivity (Wildman–Crippen MR) is 96.2 cm³/mol. The number of hydrogen-bond donors (Lipinski definition) is 1. The first kappa shape index (κ1) is 16.1. The Morgan fingerprint density at radius 3 is 3.00 bits per heavy atom. The van der Waals surface area contributed by atoms with Crippen molar-refractivity contribution < 1.29 is 4.79 Å². The molecule has 2 fully saturated rings. The van der Waals surface area contributed by atoms with Crippen LogP contribution in [-0.2, 0) is 11.2 Å². The predicted octanol–water partition coefficient (Wildman–Crippen LogP) is 2.26. The first-order valence-electron chi connectivity index (χ1n) is 9.15. The fourth-order valence-electron chi connectivity index (χ4n) is 4.26. The maximum absolute atomic E-state index is 12.4. The zero-order chi connectivity index (χ0) is 17.1. The van der Waals surface area contributed by atoms with Gasteiger partial charge < -0.3 is 14.8 Å². The molecule has 4 heterocycles. The fraction of sp³-hybridized carbons (Fsp3) is 0.526. The average molecular weight is 339 g/mol. The van der Waals surface area contributed by atoms with E-state index < -0.39 is 0 Å². The van der Waals surface area contributed by atoms with E-state index in [1.54, 1.807) is 6.33 Å². The summed E-state index contributed by atoms with van der Waals surface area (Å²) in [5.41, 5.74) is 1.30. The van der Waals surface area contributed by atoms with Crippen molar-refractivity contribution in [1.29, 1.82) is 0 Å². The minimum absolute atomic E-state index is 0.206. The fourth-order valence-corrected chi connectivity index (χ4v) is 4.26. The number of carbonyl (C=O) groups is 1. The van der Waals surface area contributed by atoms with Gasteiger partial charge in [0.1, 0.15) is 5.82 Å². The average Bonchev–Trinajstić information content (AvgIpc) is 3.17. The van der Waals surface area contributed by atoms with Crippen molar-refractivity contribution in [3.8, 4) is 0 Å². The van der Waals surface area contributed by atoms with Gasteiger partial charge in [-0.3, -0.25) is 4.79 Å². The Labute approximate surface area is 148 Å². The number of nitrogens with zero attached hydrogens (tertiary/aromatic N) is 4. The van der Waals surface area contributed by atoms with Gasteiger partial charge in [-0.25, -0.2) is 9.97 Å². The number of anilines is 1. The van der Waals surface area contributed by atoms with E-state index in [-0.39, 0.29) is 5.41 Å². The molecule has 0 unspecified atom stereocenters. The minimum atomic E-state index is 0.206. The van der Waals surface area contributed by atoms with E-state index in [0.717, 1.165) is 50.5 Å². The molecule has 132 valence electrons. The van der Waals surface area contributed by atoms with E-state index in [4.69, 9.17) is 0 Å². The van der Waals surface area contributed by atoms with Crippen molar-refractivity contribution in [3.05, 3.63) is 42.6 Å². The second-order valence-corrected chi connectivity index (χ2v) is 7.36. The lowest BCUT2D eigenvalue weighted by Gasteiger charge is -2.48. The van der Waals surface area contributed by atoms with E-state index in [1.165, 1.54) is 12.8 Å². The maximum Gasteiger partial charge on any atom is 0.222 e. The highest BCUT2D eigenvalue weighted by atomic mass is 16.2. The van der Waals surface area contributed by atoms with Gasteiger partial charge in [-0.1, -0.05) is 6.07 Å². The molecule has 0 aliphatic carbocycles. The molecule has 6 heteroatoms. The maximum atomic E-state index is 12.4. The SMILES string of the molecule is O=C1CC[C@@]2(CCCN(c3ccccn3)C2)CN1CCc1cnc[nH]1. The van der Waals surface area contributed by atoms with Gasteiger partial charge in [-0.15, -0.1) is 0 Å². The Balaban J connectivity index is 1.44. The molecule has 1 atom stereocenters. The molecule has 1 amide bonds. The van der Waals surface area contributed by atoms with Gasteiger partial charge in [0.25, 0.3) is 0 Å². The van der Waals surface area contributed by atoms with Crippen LogP contribution in [0.1, 0.15) is 31.4 Å². The molecule has 4 rings (SSSR count). The van der Waals surface area contributed by atoms with Crippen LogP contribution in [0.3, 0.4) is 0 Å². The Morgan fingerprint density at radius 1 is 1.24 bits per heavy atom. The minimum Gasteiger partial charge on any atom is -0.356 e. The van der Waals surface area contributed by atoms with Gasteiger partial charge >= 0.3 is 0 Å². The number of rotatable bonds is 4. The molecule has 0 radical (unpaired) electrons. The largest absolute Gasteiger partial charge is 0.356 e. The smallest absolute Gasteiger partial charge is 0.222 e. The van der Waals surface area contributed by atoms with Crippen LogP contribution in [0.4, 0.5) is 5.82 Å². The Morgan fingerprint density at radius 2 is 2.20 bits per heavy atom. The van der Waals surface area contributed by atoms with Crippen LogP contribution >= 0.6 is 0 Å². The molecule has 2 aromatic rings. The summed E-state index contributed by atoms with van der Waals surface area (Å²) in [5.74, 6) is 1.35. The second kappa shape index (κ2) is 6.86. The van der Waals surface area contributed by atoms with Crippen molar-refractivity contribution in [3.63, 3.8) is 0 Å². The number of imidazole rings is 1. The number of likely N-dealkylation sites (tertiary alicyclic amines) is 1. The van der Waals surface area contributed by atoms with Gasteiger partial charge in [-0.2, -0.15) is 0 Å². The normalized spacial score (nSPS) is 24.1. The number of piperidine rings is 2. The summed E-state index contributed by atoms with van der Waals surface area (Å²) in [6.07, 6.45) is 10.3. The number of amides is 1. The van der Waals surface area contributed by atoms with Crippen LogP contribution in [0.25, 0.3) is 0 Å². The highest BCUT2D eigenvalue weighted by Gasteiger charge is 2.41. The molecule has 0 bridgehead atoms. The summed E-state index contributed by atoms with van der Waals surface area (Å²) < 4.78 is 0. The molecule has 2 aliphatic rings. The van der Waals surface area contributed by atoms with Gasteiger partial charge in [0, 0.05) is 62.5 Å². The lowest BCUT2D eigenvalue weighted by atomic mass is 9.73. The molecule has 0 aromatic carbocycles. The van der Waals surface area contributed by atoms with E-state index >= 15 is 0 Å². The summed E-state index contributed by atoms with van der Waals surface area (Å²) in [6, 6.07) is 6.09. The second-order valence-electron chi connectivity index (χ2n) is 7.36. The van der Waals surface area contributed by atoms with Crippen LogP contribution in [0.2, 0.25) is 0 Å². The van der Waals surface area contributed by atoms with Crippen molar-refractivity contribution in [1.82, 2.24) is 19.9 Å². The van der Waals surface area contributed by atoms with Gasteiger partial charge in [0.2, 0.25) is 5.91 Å². The summed E-state index contributed by atoms with van der Waals surface area (Å²) in [4.78, 5) is 28.6. The quantitative estimate of drug-likeness (QED) is 0.928. The van der Waals surface area contributed by atoms with Crippen LogP contribution in [-0.4, -0.2) is 51.9 Å². The zero-order valence-corrected chi connectivity index (χ0v) is 14.5. The summed E-state index contributed by atoms with van der Waals surface area (Å²) in [5, 5.41) is 0. The number of H-pyrrole nitrogens is 1. The van der Waals surface area contributed by atoms with Crippen molar-refractivity contribution in [2.45, 2.75) is 32.1 Å². The number of hydrogen-bond acceptors (Lipinski definition) is 4. The first-order valence-corrected chi connectivity index (χ1v) is 9.15. The summed E-state index contributed by atoms with van der Waals surface area (Å²) in [7, 11) is 0. The van der Waals surface area contributed by atoms with E-state index in [2.05, 4.69) is 30.8 Å². The Kier molecular flexibility index (Phi) is 4.42. The number of aromatic amines is 1. The monoisotopic (exact) mass is 339 g/mol. The van der Waals surface area contributed by atoms with Gasteiger partial charge in [0.15, 0.2) is 0 Å². The highest BCUT2D eigenvalue weighted by molar-refractivity contribution is 5.77. The van der Waals surface area contributed by atoms with Gasteiger partial charge in [0.05, 0.1) is 6.33 Å². The molecule has 6 nitrogen and oxygen atoms in total. The molecule has 2 aromatic heterocycles. The van der Waals surface area contributed by atoms with Crippen LogP contribution < -0.4 is 4.90 Å². The van der Waals surface area contributed by atoms with Crippen LogP contribution in [0.15, 0.2) is 36.9 Å². The molecule has 2 aliphatic heterocycles. The first-order chi connectivity index (χ1) is 12.2. The van der Waals surface area contributed by atoms with E-state index in [1.807, 2.05) is 24.5 Å². The van der Waals surface area contributed by atoms with Crippen molar-refractivity contribution in [2.24, 2.45) is 5.41 Å². The third-order valence-corrected chi connectivity index (χ3v) is 5.59. The lowest BCUT2D eigenvalue weighted by molar-refractivity contribution is -0.137. The molecule has 25 heavy (non-hydrogen) atoms. The van der Waals surface area contributed by atoms with E-state index in [9.17, 15) is 4.79 Å². The molecular weight excluding hydrogens is 314 g/mol. The molecule has 1 spiro atoms. The third kappa shape index (κ3) is 3.52. The zero-order valence-electron chi connectivity index (χ0n) is 14.5. The molecule has 1 N–H and O–H groups in total. The lowest BCUT2D eigenvalue weighted by Crippen LogP contribution is -2.54. The topological polar surface area (TPSA) is 65.1 Å². The highest BCUT2D eigenvalue weighted by Crippen LogP contribution is 2.39. The van der Waals surface area contributed by atoms with Crippen LogP contribution in [0.5, 0.6) is 0 Å². The third-order valence-electron chi connectivity index (χ3n) is 5.59. The van der Waals surface area contributed by atoms with Crippen molar-refractivity contribution >= 4 is 11.7 Å². The number of pyridine rings is 1. The summed E-state index contributed by atoms with van der Waals surface area (Å²) >= 11 is 0. The van der Waals surface area contributed by atoms with Gasteiger partial charge in [-0.05, 0) is 31.4 Å². The van der Waals surface area contributed by atoms with Crippen molar-refractivity contribution in [2.75, 3.05) is 31.1 Å². The number of carbonyl (C=O) groups excluding carboxylic acids is 1. The molecule has 2 saturated heterocycles. The Hall–Kier alpha value is -2.37. The number of nitrogens with one attached hydrogen (secondary N) is 1. The molecular formula is C19H25N5O. The standard InChI is InChI=1S/C19H25N5O/c25-18-5-8-19(14-24(18)11-6-16-12-20-15-22-16)7-3-10-23(13-19)17-4-1-2-9-21-17/h1-2,4,9,12,15H,3,5-8,10-11,13-14H2,(H,20,22)/t19-/m1/s1. The van der Waals surface area contributed by atoms with E-state index in [0.29, 0.717) is 12.3 Å². The van der Waals surface area contributed by atoms with Crippen LogP contribution in [0, 0.1) is 5.41 Å². The summed E-state index contributed by atoms with van der Waals surface area (Å²) in [6.45, 7) is 3.69. The Bertz CT molecular complexity index is 702. The molecule has 0 saturated carbocycles. The number of aromatic nitrogens is 3.